The summed E-state index contributed by atoms with van der Waals surface area (Å²) in [5.41, 5.74) is 4.06. The molecule has 0 aliphatic carbocycles. The fourth-order valence-corrected chi connectivity index (χ4v) is 4.94. The van der Waals surface area contributed by atoms with E-state index in [4.69, 9.17) is 18.9 Å². The highest BCUT2D eigenvalue weighted by atomic mass is 16.6. The fraction of sp³-hybridized carbons (Fsp3) is 0.0909. The minimum absolute atomic E-state index is 0.0160. The van der Waals surface area contributed by atoms with Crippen LogP contribution in [-0.2, 0) is 19.1 Å². The van der Waals surface area contributed by atoms with Gasteiger partial charge in [-0.3, -0.25) is 0 Å². The first-order valence-corrected chi connectivity index (χ1v) is 17.3. The van der Waals surface area contributed by atoms with Gasteiger partial charge < -0.3 is 18.9 Å². The Balaban J connectivity index is 1.28. The van der Waals surface area contributed by atoms with Gasteiger partial charge in [-0.25, -0.2) is 19.2 Å². The number of esters is 4. The van der Waals surface area contributed by atoms with E-state index in [9.17, 15) is 19.2 Å². The third-order valence-corrected chi connectivity index (χ3v) is 7.97. The molecule has 12 heteroatoms. The van der Waals surface area contributed by atoms with Crippen LogP contribution in [0.25, 0.3) is 0 Å². The summed E-state index contributed by atoms with van der Waals surface area (Å²) in [6.45, 7) is 3.66. The number of azo groups is 2. The summed E-state index contributed by atoms with van der Waals surface area (Å²) in [4.78, 5) is 54.9. The second-order valence-corrected chi connectivity index (χ2v) is 12.3. The smallest absolute Gasteiger partial charge is 0.357 e. The van der Waals surface area contributed by atoms with E-state index < -0.39 is 36.1 Å². The number of aryl methyl sites for hydroxylation is 2. The van der Waals surface area contributed by atoms with Gasteiger partial charge in [-0.15, -0.1) is 0 Å². The Morgan fingerprint density at radius 2 is 0.696 bits per heavy atom. The molecule has 278 valence electrons. The Morgan fingerprint density at radius 3 is 1.02 bits per heavy atom. The van der Waals surface area contributed by atoms with E-state index in [0.29, 0.717) is 22.7 Å². The summed E-state index contributed by atoms with van der Waals surface area (Å²) in [7, 11) is 0. The summed E-state index contributed by atoms with van der Waals surface area (Å²) >= 11 is 0. The molecule has 0 fully saturated rings. The topological polar surface area (TPSA) is 155 Å². The van der Waals surface area contributed by atoms with E-state index in [1.807, 2.05) is 50.2 Å². The van der Waals surface area contributed by atoms with Gasteiger partial charge in [0.15, 0.2) is 0 Å². The maximum atomic E-state index is 14.0. The SMILES string of the molecule is Cc1ccc(C(=O)O[C@@H](C(=O)Oc2ccc(N=Nc3ccccc3)cc2)[C@@H](OC(=O)c2ccc(C)cc2)C(=O)Oc2ccc(N=Nc3ccccc3)cc2)cc1. The summed E-state index contributed by atoms with van der Waals surface area (Å²) in [5, 5.41) is 16.7. The standard InChI is InChI=1S/C44H34N4O8/c1-29-13-17-31(18-14-29)41(49)55-39(43(51)53-37-25-21-35(22-26-37)47-45-33-9-5-3-6-10-33)40(56-42(50)32-19-15-30(2)16-20-32)44(52)54-38-27-23-36(24-28-38)48-46-34-11-7-4-8-12-34/h3-28,39-40H,1-2H3/t39-,40-/m1/s1. The lowest BCUT2D eigenvalue weighted by Gasteiger charge is -2.24. The normalized spacial score (nSPS) is 12.1. The van der Waals surface area contributed by atoms with Crippen LogP contribution in [0.5, 0.6) is 11.5 Å². The molecule has 0 aromatic heterocycles. The first-order valence-electron chi connectivity index (χ1n) is 17.3. The van der Waals surface area contributed by atoms with Crippen LogP contribution >= 0.6 is 0 Å². The largest absolute Gasteiger partial charge is 0.442 e. The van der Waals surface area contributed by atoms with Crippen molar-refractivity contribution in [3.8, 4) is 11.5 Å². The van der Waals surface area contributed by atoms with Crippen LogP contribution in [0.1, 0.15) is 31.8 Å². The van der Waals surface area contributed by atoms with Gasteiger partial charge in [0, 0.05) is 0 Å². The number of rotatable bonds is 13. The molecule has 0 aliphatic heterocycles. The highest BCUT2D eigenvalue weighted by Gasteiger charge is 2.43. The Bertz CT molecular complexity index is 2160. The van der Waals surface area contributed by atoms with E-state index in [0.717, 1.165) is 11.1 Å². The van der Waals surface area contributed by atoms with Gasteiger partial charge in [-0.1, -0.05) is 71.8 Å². The zero-order chi connectivity index (χ0) is 39.3. The Hall–Kier alpha value is -7.60. The van der Waals surface area contributed by atoms with Crippen molar-refractivity contribution in [1.82, 2.24) is 0 Å². The van der Waals surface area contributed by atoms with Crippen molar-refractivity contribution in [2.24, 2.45) is 20.5 Å². The van der Waals surface area contributed by atoms with Crippen molar-refractivity contribution in [1.29, 1.82) is 0 Å². The van der Waals surface area contributed by atoms with Crippen molar-refractivity contribution >= 4 is 46.6 Å². The number of hydrogen-bond donors (Lipinski definition) is 0. The fourth-order valence-electron chi connectivity index (χ4n) is 4.94. The lowest BCUT2D eigenvalue weighted by Crippen LogP contribution is -2.49. The summed E-state index contributed by atoms with van der Waals surface area (Å²) in [6, 6.07) is 42.8. The molecule has 56 heavy (non-hydrogen) atoms. The van der Waals surface area contributed by atoms with Crippen molar-refractivity contribution in [2.45, 2.75) is 26.1 Å². The molecule has 6 aromatic rings. The maximum Gasteiger partial charge on any atom is 0.357 e. The number of carbonyl (C=O) groups is 4. The van der Waals surface area contributed by atoms with Gasteiger partial charge >= 0.3 is 23.9 Å². The van der Waals surface area contributed by atoms with Crippen LogP contribution in [0.2, 0.25) is 0 Å². The molecule has 0 aliphatic rings. The Labute approximate surface area is 322 Å². The van der Waals surface area contributed by atoms with Gasteiger partial charge in [0.25, 0.3) is 0 Å². The number of nitrogens with zero attached hydrogens (tertiary/aromatic N) is 4. The van der Waals surface area contributed by atoms with Crippen LogP contribution in [-0.4, -0.2) is 36.1 Å². The van der Waals surface area contributed by atoms with Crippen molar-refractivity contribution in [3.05, 3.63) is 180 Å². The van der Waals surface area contributed by atoms with Crippen LogP contribution in [0.4, 0.5) is 22.7 Å². The molecule has 0 saturated heterocycles. The molecule has 12 nitrogen and oxygen atoms in total. The maximum absolute atomic E-state index is 14.0. The monoisotopic (exact) mass is 746 g/mol. The molecule has 2 atom stereocenters. The second kappa shape index (κ2) is 18.4. The summed E-state index contributed by atoms with van der Waals surface area (Å²) in [5.74, 6) is -4.38. The summed E-state index contributed by atoms with van der Waals surface area (Å²) in [6.07, 6.45) is -4.25. The molecule has 6 rings (SSSR count). The minimum atomic E-state index is -2.12. The molecule has 0 bridgehead atoms. The van der Waals surface area contributed by atoms with E-state index >= 15 is 0 Å². The quantitative estimate of drug-likeness (QED) is 0.0642. The van der Waals surface area contributed by atoms with Gasteiger partial charge in [-0.05, 0) is 111 Å². The first kappa shape index (κ1) is 38.1. The second-order valence-electron chi connectivity index (χ2n) is 12.3. The Kier molecular flexibility index (Phi) is 12.6. The average molecular weight is 747 g/mol. The number of carbonyl (C=O) groups excluding carboxylic acids is 4. The van der Waals surface area contributed by atoms with Crippen LogP contribution < -0.4 is 9.47 Å². The van der Waals surface area contributed by atoms with E-state index in [-0.39, 0.29) is 22.6 Å². The van der Waals surface area contributed by atoms with Gasteiger partial charge in [0.2, 0.25) is 12.2 Å². The molecular weight excluding hydrogens is 713 g/mol. The van der Waals surface area contributed by atoms with Crippen molar-refractivity contribution < 1.29 is 38.1 Å². The predicted octanol–water partition coefficient (Wildman–Crippen LogP) is 10.1. The highest BCUT2D eigenvalue weighted by molar-refractivity contribution is 5.96. The molecule has 0 radical (unpaired) electrons. The zero-order valence-corrected chi connectivity index (χ0v) is 30.2. The van der Waals surface area contributed by atoms with E-state index in [1.165, 1.54) is 48.5 Å². The molecule has 0 spiro atoms. The lowest BCUT2D eigenvalue weighted by molar-refractivity contribution is -0.163. The number of benzene rings is 6. The van der Waals surface area contributed by atoms with Crippen LogP contribution in [0, 0.1) is 13.8 Å². The van der Waals surface area contributed by atoms with Gasteiger partial charge in [-0.2, -0.15) is 20.5 Å². The van der Waals surface area contributed by atoms with Crippen molar-refractivity contribution in [3.63, 3.8) is 0 Å². The Morgan fingerprint density at radius 1 is 0.393 bits per heavy atom. The molecule has 0 saturated carbocycles. The highest BCUT2D eigenvalue weighted by Crippen LogP contribution is 2.25. The molecule has 0 heterocycles. The lowest BCUT2D eigenvalue weighted by atomic mass is 10.1. The molecule has 0 unspecified atom stereocenters. The minimum Gasteiger partial charge on any atom is -0.442 e. The van der Waals surface area contributed by atoms with Gasteiger partial charge in [0.05, 0.1) is 33.9 Å². The van der Waals surface area contributed by atoms with Crippen LogP contribution in [0.15, 0.2) is 178 Å². The number of hydrogen-bond acceptors (Lipinski definition) is 12. The third-order valence-electron chi connectivity index (χ3n) is 7.97. The van der Waals surface area contributed by atoms with E-state index in [2.05, 4.69) is 20.5 Å². The molecule has 0 N–H and O–H groups in total. The van der Waals surface area contributed by atoms with Crippen molar-refractivity contribution in [2.75, 3.05) is 0 Å². The summed E-state index contributed by atoms with van der Waals surface area (Å²) < 4.78 is 22.5. The first-order chi connectivity index (χ1) is 27.2. The van der Waals surface area contributed by atoms with Gasteiger partial charge in [0.1, 0.15) is 11.5 Å². The van der Waals surface area contributed by atoms with E-state index in [1.54, 1.807) is 72.8 Å². The number of ether oxygens (including phenoxy) is 4. The third kappa shape index (κ3) is 10.7. The molecular formula is C44H34N4O8. The molecule has 0 amide bonds. The zero-order valence-electron chi connectivity index (χ0n) is 30.2. The predicted molar refractivity (Wildman–Crippen MR) is 206 cm³/mol. The van der Waals surface area contributed by atoms with Crippen LogP contribution in [0.3, 0.4) is 0 Å². The average Bonchev–Trinajstić information content (AvgIpc) is 3.22. The molecule has 6 aromatic carbocycles.